The van der Waals surface area contributed by atoms with Gasteiger partial charge >= 0.3 is 0 Å². The molecule has 2 saturated heterocycles. The summed E-state index contributed by atoms with van der Waals surface area (Å²) in [6.07, 6.45) is 1.06. The second kappa shape index (κ2) is 14.1. The molecule has 54 heavy (non-hydrogen) atoms. The third kappa shape index (κ3) is 5.99. The molecule has 1 aliphatic carbocycles. The number of amides is 1. The summed E-state index contributed by atoms with van der Waals surface area (Å²) in [4.78, 5) is 19.8. The van der Waals surface area contributed by atoms with E-state index in [-0.39, 0.29) is 54.9 Å². The molecule has 0 spiro atoms. The molecule has 3 aliphatic heterocycles. The Hall–Kier alpha value is -5.92. The molecule has 2 fully saturated rings. The fourth-order valence-electron chi connectivity index (χ4n) is 7.82. The summed E-state index contributed by atoms with van der Waals surface area (Å²) in [5.74, 6) is 2.45. The number of rotatable bonds is 10. The van der Waals surface area contributed by atoms with E-state index in [1.165, 1.54) is 21.3 Å². The summed E-state index contributed by atoms with van der Waals surface area (Å²) in [5.41, 5.74) is 4.39. The molecule has 4 aromatic rings. The van der Waals surface area contributed by atoms with Crippen LogP contribution in [0.15, 0.2) is 65.7 Å². The van der Waals surface area contributed by atoms with Gasteiger partial charge in [0, 0.05) is 28.9 Å². The van der Waals surface area contributed by atoms with Crippen LogP contribution in [-0.2, 0) is 14.3 Å². The quantitative estimate of drug-likeness (QED) is 0.118. The van der Waals surface area contributed by atoms with Crippen LogP contribution in [0.1, 0.15) is 33.7 Å². The van der Waals surface area contributed by atoms with Crippen molar-refractivity contribution in [2.45, 2.75) is 18.3 Å². The first kappa shape index (κ1) is 35.1. The van der Waals surface area contributed by atoms with E-state index < -0.39 is 5.91 Å². The van der Waals surface area contributed by atoms with Crippen molar-refractivity contribution in [2.75, 3.05) is 56.1 Å². The normalized spacial score (nSPS) is 22.7. The van der Waals surface area contributed by atoms with Gasteiger partial charge < -0.3 is 52.5 Å². The van der Waals surface area contributed by atoms with Crippen molar-refractivity contribution in [3.05, 3.63) is 88.5 Å². The van der Waals surface area contributed by atoms with Crippen molar-refractivity contribution in [1.82, 2.24) is 0 Å². The second-order valence-electron chi connectivity index (χ2n) is 13.1. The first-order chi connectivity index (χ1) is 26.3. The molecule has 0 radical (unpaired) electrons. The highest BCUT2D eigenvalue weighted by molar-refractivity contribution is 6.28. The zero-order chi connectivity index (χ0) is 37.7. The van der Waals surface area contributed by atoms with Crippen LogP contribution in [0.2, 0.25) is 0 Å². The van der Waals surface area contributed by atoms with Crippen LogP contribution < -0.4 is 37.9 Å². The van der Waals surface area contributed by atoms with E-state index in [1.54, 1.807) is 63.8 Å². The minimum Gasteiger partial charge on any atom is -0.508 e. The van der Waals surface area contributed by atoms with E-state index in [2.05, 4.69) is 0 Å². The van der Waals surface area contributed by atoms with Crippen molar-refractivity contribution in [3.63, 3.8) is 0 Å². The molecule has 8 rings (SSSR count). The molecule has 0 bridgehead atoms. The van der Waals surface area contributed by atoms with E-state index in [9.17, 15) is 9.90 Å². The van der Waals surface area contributed by atoms with Crippen molar-refractivity contribution < 1.29 is 57.3 Å². The SMILES string of the molecule is COc1cc(/C(=C\c2ccc(O)cc2)C(=O)N=C2c3cc4c(cc3[C@@H](c3cc(OC)c(OC)c(OC)c3)[C@H]3C5OC5OC[C@H]23)OCO4)cc(OC)c1OC. The zero-order valence-corrected chi connectivity index (χ0v) is 30.5. The first-order valence-electron chi connectivity index (χ1n) is 17.3. The molecule has 2 unspecified atom stereocenters. The fraction of sp³-hybridized carbons (Fsp3) is 0.317. The van der Waals surface area contributed by atoms with Gasteiger partial charge in [-0.05, 0) is 76.9 Å². The Morgan fingerprint density at radius 3 is 1.96 bits per heavy atom. The number of nitrogens with zero attached hydrogens (tertiary/aromatic N) is 1. The maximum absolute atomic E-state index is 14.8. The van der Waals surface area contributed by atoms with Crippen molar-refractivity contribution in [2.24, 2.45) is 16.8 Å². The number of ether oxygens (including phenoxy) is 10. The van der Waals surface area contributed by atoms with E-state index in [1.807, 2.05) is 24.3 Å². The van der Waals surface area contributed by atoms with Crippen molar-refractivity contribution in [3.8, 4) is 51.7 Å². The Kier molecular flexibility index (Phi) is 9.20. The summed E-state index contributed by atoms with van der Waals surface area (Å²) in [6, 6.07) is 17.7. The first-order valence-corrected chi connectivity index (χ1v) is 17.3. The van der Waals surface area contributed by atoms with E-state index in [4.69, 9.17) is 52.4 Å². The topological polar surface area (TPSA) is 145 Å². The van der Waals surface area contributed by atoms with Gasteiger partial charge in [-0.15, -0.1) is 0 Å². The molecule has 1 amide bonds. The minimum absolute atomic E-state index is 0.0584. The number of hydrogen-bond acceptors (Lipinski definition) is 12. The van der Waals surface area contributed by atoms with Gasteiger partial charge in [-0.2, -0.15) is 0 Å². The van der Waals surface area contributed by atoms with Crippen LogP contribution in [0.3, 0.4) is 0 Å². The van der Waals surface area contributed by atoms with Gasteiger partial charge in [0.25, 0.3) is 5.91 Å². The van der Waals surface area contributed by atoms with Gasteiger partial charge in [-0.1, -0.05) is 12.1 Å². The third-order valence-electron chi connectivity index (χ3n) is 10.3. The molecule has 4 aromatic carbocycles. The number of epoxide rings is 1. The fourth-order valence-corrected chi connectivity index (χ4v) is 7.82. The monoisotopic (exact) mass is 737 g/mol. The Morgan fingerprint density at radius 2 is 1.37 bits per heavy atom. The molecule has 13 heteroatoms. The molecule has 4 aliphatic rings. The van der Waals surface area contributed by atoms with Gasteiger partial charge in [0.1, 0.15) is 11.9 Å². The lowest BCUT2D eigenvalue weighted by atomic mass is 9.63. The van der Waals surface area contributed by atoms with E-state index in [0.717, 1.165) is 11.1 Å². The average Bonchev–Trinajstić information content (AvgIpc) is 3.86. The highest BCUT2D eigenvalue weighted by Crippen LogP contribution is 2.57. The van der Waals surface area contributed by atoms with Crippen molar-refractivity contribution in [1.29, 1.82) is 0 Å². The van der Waals surface area contributed by atoms with Crippen LogP contribution >= 0.6 is 0 Å². The predicted octanol–water partition coefficient (Wildman–Crippen LogP) is 5.86. The van der Waals surface area contributed by atoms with Crippen LogP contribution in [0.4, 0.5) is 0 Å². The Balaban J connectivity index is 1.33. The standard InChI is InChI=1S/C41H39NO12/c1-45-30-12-21(13-31(46-2)37(30)49-5)24(11-20-7-9-23(43)10-8-20)40(44)42-36-26-17-29-28(52-19-53-29)16-25(26)34(35-27(36)18-51-41-39(35)54-41)22-14-32(47-3)38(50-6)33(15-22)48-4/h7-17,27,34-35,39,41,43H,18-19H2,1-6H3/b24-11+,42-36?/t27-,34+,35-,39?,41?/m0/s1. The van der Waals surface area contributed by atoms with E-state index >= 15 is 0 Å². The number of methoxy groups -OCH3 is 6. The minimum atomic E-state index is -0.528. The number of hydrogen-bond donors (Lipinski definition) is 1. The molecule has 13 nitrogen and oxygen atoms in total. The smallest absolute Gasteiger partial charge is 0.277 e. The lowest BCUT2D eigenvalue weighted by Crippen LogP contribution is -2.45. The molecule has 1 N–H and O–H groups in total. The second-order valence-corrected chi connectivity index (χ2v) is 13.1. The lowest BCUT2D eigenvalue weighted by molar-refractivity contribution is -0.112. The lowest BCUT2D eigenvalue weighted by Gasteiger charge is -2.42. The van der Waals surface area contributed by atoms with Gasteiger partial charge in [-0.3, -0.25) is 4.79 Å². The zero-order valence-electron chi connectivity index (χ0n) is 30.5. The Labute approximate surface area is 311 Å². The van der Waals surface area contributed by atoms with Crippen LogP contribution in [0, 0.1) is 11.8 Å². The summed E-state index contributed by atoms with van der Waals surface area (Å²) in [7, 11) is 9.26. The van der Waals surface area contributed by atoms with E-state index in [0.29, 0.717) is 68.4 Å². The van der Waals surface area contributed by atoms with Crippen LogP contribution in [-0.4, -0.2) is 85.2 Å². The molecule has 5 atom stereocenters. The summed E-state index contributed by atoms with van der Waals surface area (Å²) >= 11 is 0. The molecular weight excluding hydrogens is 698 g/mol. The highest BCUT2D eigenvalue weighted by Gasteiger charge is 2.59. The third-order valence-corrected chi connectivity index (χ3v) is 10.3. The Bertz CT molecular complexity index is 2130. The number of carbonyl (C=O) groups excluding carboxylic acids is 1. The number of aromatic hydroxyl groups is 1. The largest absolute Gasteiger partial charge is 0.508 e. The number of benzene rings is 4. The molecule has 280 valence electrons. The molecule has 0 saturated carbocycles. The van der Waals surface area contributed by atoms with Gasteiger partial charge in [0.2, 0.25) is 18.3 Å². The predicted molar refractivity (Wildman–Crippen MR) is 196 cm³/mol. The maximum atomic E-state index is 14.8. The number of aliphatic imine (C=N–C) groups is 1. The number of carbonyl (C=O) groups is 1. The number of phenols is 1. The highest BCUT2D eigenvalue weighted by atomic mass is 16.8. The molecular formula is C41H39NO12. The molecule has 3 heterocycles. The summed E-state index contributed by atoms with van der Waals surface area (Å²) in [6.45, 7) is 0.316. The number of phenolic OH excluding ortho intramolecular Hbond substituents is 1. The van der Waals surface area contributed by atoms with Crippen LogP contribution in [0.5, 0.6) is 51.7 Å². The maximum Gasteiger partial charge on any atom is 0.277 e. The Morgan fingerprint density at radius 1 is 0.778 bits per heavy atom. The summed E-state index contributed by atoms with van der Waals surface area (Å²) in [5, 5.41) is 9.99. The molecule has 0 aromatic heterocycles. The van der Waals surface area contributed by atoms with Gasteiger partial charge in [-0.25, -0.2) is 4.99 Å². The van der Waals surface area contributed by atoms with Gasteiger partial charge in [0.15, 0.2) is 40.8 Å². The van der Waals surface area contributed by atoms with Crippen LogP contribution in [0.25, 0.3) is 11.6 Å². The van der Waals surface area contributed by atoms with Gasteiger partial charge in [0.05, 0.1) is 55.0 Å². The average molecular weight is 738 g/mol. The summed E-state index contributed by atoms with van der Waals surface area (Å²) < 4.78 is 58.1. The number of fused-ring (bicyclic) bond motifs is 5. The van der Waals surface area contributed by atoms with Crippen molar-refractivity contribution >= 4 is 23.3 Å².